The van der Waals surface area contributed by atoms with E-state index in [2.05, 4.69) is 109 Å². The van der Waals surface area contributed by atoms with Gasteiger partial charge in [-0.3, -0.25) is 0 Å². The van der Waals surface area contributed by atoms with Gasteiger partial charge in [0, 0.05) is 0 Å². The molecular formula is C30H19B. The standard InChI is InChI=1S/C30H19B/c31-24-16-17-27-28(19-24)29(21-9-2-1-3-10-21)25-12-6-7-13-26(25)30(27)23-15-14-20-8-4-5-11-22(20)18-23/h1-19H. The van der Waals surface area contributed by atoms with E-state index in [-0.39, 0.29) is 0 Å². The van der Waals surface area contributed by atoms with E-state index in [0.717, 1.165) is 5.46 Å². The molecule has 0 nitrogen and oxygen atoms in total. The monoisotopic (exact) mass is 390 g/mol. The van der Waals surface area contributed by atoms with Gasteiger partial charge in [-0.1, -0.05) is 115 Å². The third-order valence-electron chi connectivity index (χ3n) is 6.15. The lowest BCUT2D eigenvalue weighted by Gasteiger charge is -2.18. The first-order chi connectivity index (χ1) is 15.3. The molecule has 0 aliphatic carbocycles. The molecule has 6 rings (SSSR count). The zero-order chi connectivity index (χ0) is 20.8. The van der Waals surface area contributed by atoms with Crippen LogP contribution in [-0.2, 0) is 0 Å². The zero-order valence-electron chi connectivity index (χ0n) is 17.0. The third-order valence-corrected chi connectivity index (χ3v) is 6.15. The highest BCUT2D eigenvalue weighted by Gasteiger charge is 2.16. The number of benzene rings is 6. The van der Waals surface area contributed by atoms with Crippen molar-refractivity contribution in [3.63, 3.8) is 0 Å². The van der Waals surface area contributed by atoms with Gasteiger partial charge in [-0.2, -0.15) is 0 Å². The summed E-state index contributed by atoms with van der Waals surface area (Å²) < 4.78 is 0. The largest absolute Gasteiger partial charge is 0.113 e. The third kappa shape index (κ3) is 2.93. The van der Waals surface area contributed by atoms with Crippen LogP contribution in [0.3, 0.4) is 0 Å². The number of hydrogen-bond donors (Lipinski definition) is 0. The highest BCUT2D eigenvalue weighted by molar-refractivity contribution is 6.34. The van der Waals surface area contributed by atoms with Crippen LogP contribution >= 0.6 is 0 Å². The van der Waals surface area contributed by atoms with Crippen LogP contribution in [0.4, 0.5) is 0 Å². The Balaban J connectivity index is 1.80. The summed E-state index contributed by atoms with van der Waals surface area (Å²) in [6, 6.07) is 40.9. The lowest BCUT2D eigenvalue weighted by Crippen LogP contribution is -2.01. The van der Waals surface area contributed by atoms with Crippen molar-refractivity contribution in [3.8, 4) is 22.3 Å². The lowest BCUT2D eigenvalue weighted by atomic mass is 9.83. The summed E-state index contributed by atoms with van der Waals surface area (Å²) >= 11 is 0. The maximum atomic E-state index is 6.28. The summed E-state index contributed by atoms with van der Waals surface area (Å²) in [5, 5.41) is 7.42. The van der Waals surface area contributed by atoms with Gasteiger partial charge in [-0.25, -0.2) is 0 Å². The molecule has 0 bridgehead atoms. The van der Waals surface area contributed by atoms with Gasteiger partial charge in [0.15, 0.2) is 0 Å². The van der Waals surface area contributed by atoms with E-state index in [1.165, 1.54) is 54.6 Å². The van der Waals surface area contributed by atoms with Crippen LogP contribution in [0.1, 0.15) is 0 Å². The minimum Gasteiger partial charge on any atom is -0.0960 e. The minimum atomic E-state index is 0.782. The van der Waals surface area contributed by atoms with E-state index in [9.17, 15) is 0 Å². The summed E-state index contributed by atoms with van der Waals surface area (Å²) in [6.07, 6.45) is 0. The molecule has 142 valence electrons. The molecule has 0 N–H and O–H groups in total. The summed E-state index contributed by atoms with van der Waals surface area (Å²) in [5.74, 6) is 0. The Kier molecular flexibility index (Phi) is 4.14. The Hall–Kier alpha value is -3.84. The summed E-state index contributed by atoms with van der Waals surface area (Å²) in [5.41, 5.74) is 5.71. The van der Waals surface area contributed by atoms with E-state index < -0.39 is 0 Å². The smallest absolute Gasteiger partial charge is 0.0960 e. The Bertz CT molecular complexity index is 1580. The number of fused-ring (bicyclic) bond motifs is 3. The molecule has 6 aromatic carbocycles. The van der Waals surface area contributed by atoms with Crippen molar-refractivity contribution in [2.75, 3.05) is 0 Å². The molecule has 0 aliphatic heterocycles. The van der Waals surface area contributed by atoms with Crippen molar-refractivity contribution < 1.29 is 0 Å². The normalized spacial score (nSPS) is 11.4. The van der Waals surface area contributed by atoms with E-state index in [1.54, 1.807) is 0 Å². The molecule has 2 radical (unpaired) electrons. The maximum Gasteiger partial charge on any atom is 0.113 e. The second-order valence-corrected chi connectivity index (χ2v) is 8.03. The molecule has 0 fully saturated rings. The Morgan fingerprint density at radius 1 is 0.387 bits per heavy atom. The first-order valence-corrected chi connectivity index (χ1v) is 10.6. The number of hydrogen-bond acceptors (Lipinski definition) is 0. The van der Waals surface area contributed by atoms with Gasteiger partial charge in [-0.15, -0.1) is 0 Å². The van der Waals surface area contributed by atoms with Crippen molar-refractivity contribution >= 4 is 45.6 Å². The second-order valence-electron chi connectivity index (χ2n) is 8.03. The molecule has 31 heavy (non-hydrogen) atoms. The molecule has 0 heterocycles. The van der Waals surface area contributed by atoms with Gasteiger partial charge >= 0.3 is 0 Å². The first-order valence-electron chi connectivity index (χ1n) is 10.6. The molecule has 0 atom stereocenters. The SMILES string of the molecule is [B]c1ccc2c(-c3ccc4ccccc4c3)c3ccccc3c(-c3ccccc3)c2c1. The van der Waals surface area contributed by atoms with Gasteiger partial charge in [0.05, 0.1) is 0 Å². The van der Waals surface area contributed by atoms with Crippen molar-refractivity contribution in [2.45, 2.75) is 0 Å². The van der Waals surface area contributed by atoms with Crippen molar-refractivity contribution in [1.82, 2.24) is 0 Å². The highest BCUT2D eigenvalue weighted by Crippen LogP contribution is 2.43. The molecule has 1 heteroatoms. The summed E-state index contributed by atoms with van der Waals surface area (Å²) in [7, 11) is 6.28. The molecule has 6 aromatic rings. The molecule has 0 aliphatic rings. The molecule has 0 aromatic heterocycles. The van der Waals surface area contributed by atoms with Crippen molar-refractivity contribution in [1.29, 1.82) is 0 Å². The second kappa shape index (κ2) is 7.14. The van der Waals surface area contributed by atoms with Crippen molar-refractivity contribution in [2.24, 2.45) is 0 Å². The fraction of sp³-hybridized carbons (Fsp3) is 0. The van der Waals surface area contributed by atoms with Gasteiger partial charge in [-0.05, 0) is 60.6 Å². The van der Waals surface area contributed by atoms with Crippen LogP contribution in [-0.4, -0.2) is 7.85 Å². The molecule has 0 saturated carbocycles. The van der Waals surface area contributed by atoms with Crippen LogP contribution in [0.25, 0.3) is 54.6 Å². The zero-order valence-corrected chi connectivity index (χ0v) is 17.0. The fourth-order valence-corrected chi connectivity index (χ4v) is 4.77. The van der Waals surface area contributed by atoms with Crippen LogP contribution in [0.15, 0.2) is 115 Å². The van der Waals surface area contributed by atoms with E-state index >= 15 is 0 Å². The lowest BCUT2D eigenvalue weighted by molar-refractivity contribution is 1.67. The molecule has 0 unspecified atom stereocenters. The highest BCUT2D eigenvalue weighted by atomic mass is 14.2. The number of rotatable bonds is 2. The minimum absolute atomic E-state index is 0.782. The Morgan fingerprint density at radius 3 is 1.77 bits per heavy atom. The topological polar surface area (TPSA) is 0 Å². The summed E-state index contributed by atoms with van der Waals surface area (Å²) in [4.78, 5) is 0. The molecule has 0 spiro atoms. The van der Waals surface area contributed by atoms with Gasteiger partial charge in [0.25, 0.3) is 0 Å². The molecular weight excluding hydrogens is 371 g/mol. The molecule has 0 saturated heterocycles. The average Bonchev–Trinajstić information content (AvgIpc) is 2.82. The van der Waals surface area contributed by atoms with Crippen LogP contribution in [0.2, 0.25) is 0 Å². The maximum absolute atomic E-state index is 6.28. The van der Waals surface area contributed by atoms with Crippen molar-refractivity contribution in [3.05, 3.63) is 115 Å². The van der Waals surface area contributed by atoms with Gasteiger partial charge < -0.3 is 0 Å². The first kappa shape index (κ1) is 18.0. The average molecular weight is 390 g/mol. The van der Waals surface area contributed by atoms with Crippen LogP contribution in [0, 0.1) is 0 Å². The summed E-state index contributed by atoms with van der Waals surface area (Å²) in [6.45, 7) is 0. The van der Waals surface area contributed by atoms with Crippen LogP contribution in [0.5, 0.6) is 0 Å². The van der Waals surface area contributed by atoms with Gasteiger partial charge in [0.1, 0.15) is 7.85 Å². The van der Waals surface area contributed by atoms with E-state index in [4.69, 9.17) is 7.85 Å². The Labute approximate surface area is 183 Å². The predicted octanol–water partition coefficient (Wildman–Crippen LogP) is 7.27. The fourth-order valence-electron chi connectivity index (χ4n) is 4.77. The Morgan fingerprint density at radius 2 is 1.00 bits per heavy atom. The predicted molar refractivity (Wildman–Crippen MR) is 135 cm³/mol. The quantitative estimate of drug-likeness (QED) is 0.215. The van der Waals surface area contributed by atoms with E-state index in [0.29, 0.717) is 0 Å². The van der Waals surface area contributed by atoms with E-state index in [1.807, 2.05) is 6.07 Å². The van der Waals surface area contributed by atoms with Gasteiger partial charge in [0.2, 0.25) is 0 Å². The van der Waals surface area contributed by atoms with Crippen LogP contribution < -0.4 is 5.46 Å². The molecule has 0 amide bonds.